The van der Waals surface area contributed by atoms with Crippen molar-refractivity contribution in [2.75, 3.05) is 26.1 Å². The zero-order valence-electron chi connectivity index (χ0n) is 13.8. The maximum Gasteiger partial charge on any atom is 0.350 e. The third-order valence-corrected chi connectivity index (χ3v) is 4.24. The first-order chi connectivity index (χ1) is 12.0. The van der Waals surface area contributed by atoms with Crippen molar-refractivity contribution in [2.24, 2.45) is 0 Å². The topological polar surface area (TPSA) is 93.7 Å². The van der Waals surface area contributed by atoms with E-state index in [2.05, 4.69) is 15.4 Å². The number of carbonyl (C=O) groups excluding carboxylic acids is 3. The second kappa shape index (κ2) is 8.84. The average molecular weight is 362 g/mol. The number of rotatable bonds is 6. The molecule has 0 atom stereocenters. The highest BCUT2D eigenvalue weighted by Crippen LogP contribution is 2.22. The Morgan fingerprint density at radius 2 is 1.76 bits per heavy atom. The minimum absolute atomic E-state index is 0.238. The van der Waals surface area contributed by atoms with E-state index in [4.69, 9.17) is 4.74 Å². The van der Waals surface area contributed by atoms with Crippen LogP contribution in [-0.2, 0) is 20.7 Å². The van der Waals surface area contributed by atoms with Crippen LogP contribution in [-0.4, -0.2) is 38.5 Å². The molecule has 132 valence electrons. The van der Waals surface area contributed by atoms with Crippen LogP contribution in [0.3, 0.4) is 0 Å². The number of carbonyl (C=O) groups is 3. The van der Waals surface area contributed by atoms with Crippen LogP contribution in [0.25, 0.3) is 0 Å². The molecule has 0 bridgehead atoms. The van der Waals surface area contributed by atoms with Crippen LogP contribution >= 0.6 is 11.3 Å². The van der Waals surface area contributed by atoms with Gasteiger partial charge in [0, 0.05) is 6.54 Å². The molecule has 0 fully saturated rings. The predicted molar refractivity (Wildman–Crippen MR) is 94.0 cm³/mol. The van der Waals surface area contributed by atoms with E-state index >= 15 is 0 Å². The van der Waals surface area contributed by atoms with Crippen molar-refractivity contribution in [1.82, 2.24) is 5.32 Å². The van der Waals surface area contributed by atoms with Gasteiger partial charge >= 0.3 is 17.8 Å². The van der Waals surface area contributed by atoms with Crippen molar-refractivity contribution in [1.29, 1.82) is 0 Å². The van der Waals surface area contributed by atoms with Gasteiger partial charge in [-0.05, 0) is 35.6 Å². The maximum absolute atomic E-state index is 11.9. The molecular weight excluding hydrogens is 344 g/mol. The summed E-state index contributed by atoms with van der Waals surface area (Å²) < 4.78 is 9.69. The molecule has 0 aliphatic carbocycles. The molecule has 0 aliphatic rings. The number of benzene rings is 1. The van der Waals surface area contributed by atoms with E-state index in [1.54, 1.807) is 18.6 Å². The van der Waals surface area contributed by atoms with Crippen molar-refractivity contribution >= 4 is 34.8 Å². The summed E-state index contributed by atoms with van der Waals surface area (Å²) in [6, 6.07) is 8.97. The molecule has 2 rings (SSSR count). The summed E-state index contributed by atoms with van der Waals surface area (Å²) >= 11 is 1.12. The number of amides is 2. The Hall–Kier alpha value is -2.87. The lowest BCUT2D eigenvalue weighted by atomic mass is 10.1. The van der Waals surface area contributed by atoms with Gasteiger partial charge in [0.2, 0.25) is 0 Å². The van der Waals surface area contributed by atoms with Crippen molar-refractivity contribution in [3.63, 3.8) is 0 Å². The number of hydrogen-bond donors (Lipinski definition) is 2. The first-order valence-corrected chi connectivity index (χ1v) is 8.31. The Bertz CT molecular complexity index is 755. The number of ether oxygens (including phenoxy) is 2. The fourth-order valence-electron chi connectivity index (χ4n) is 2.03. The van der Waals surface area contributed by atoms with E-state index < -0.39 is 17.8 Å². The first kappa shape index (κ1) is 18.5. The maximum atomic E-state index is 11.9. The zero-order valence-corrected chi connectivity index (χ0v) is 14.6. The van der Waals surface area contributed by atoms with E-state index in [9.17, 15) is 14.4 Å². The van der Waals surface area contributed by atoms with Crippen LogP contribution in [0.1, 0.15) is 15.2 Å². The summed E-state index contributed by atoms with van der Waals surface area (Å²) in [7, 11) is 2.84. The highest BCUT2D eigenvalue weighted by molar-refractivity contribution is 7.12. The van der Waals surface area contributed by atoms with E-state index in [0.29, 0.717) is 13.0 Å². The van der Waals surface area contributed by atoms with Gasteiger partial charge in [-0.1, -0.05) is 12.1 Å². The number of methoxy groups -OCH3 is 2. The molecule has 0 saturated carbocycles. The van der Waals surface area contributed by atoms with Gasteiger partial charge in [0.15, 0.2) is 0 Å². The third kappa shape index (κ3) is 5.05. The summed E-state index contributed by atoms with van der Waals surface area (Å²) in [5.74, 6) is -1.41. The molecule has 0 spiro atoms. The quantitative estimate of drug-likeness (QED) is 0.604. The Morgan fingerprint density at radius 1 is 1.04 bits per heavy atom. The number of esters is 1. The van der Waals surface area contributed by atoms with E-state index in [1.165, 1.54) is 7.11 Å². The Labute approximate surface area is 148 Å². The Kier molecular flexibility index (Phi) is 6.53. The lowest BCUT2D eigenvalue weighted by Gasteiger charge is -2.07. The minimum atomic E-state index is -0.835. The highest BCUT2D eigenvalue weighted by Gasteiger charge is 2.19. The smallest absolute Gasteiger partial charge is 0.350 e. The molecule has 8 heteroatoms. The second-order valence-electron chi connectivity index (χ2n) is 4.96. The lowest BCUT2D eigenvalue weighted by molar-refractivity contribution is -0.136. The standard InChI is InChI=1S/C17H18N2O5S/c1-23-12-5-3-11(4-6-12)7-9-18-15(20)16(21)19-13-8-10-25-14(13)17(22)24-2/h3-6,8,10H,7,9H2,1-2H3,(H,18,20)(H,19,21). The normalized spacial score (nSPS) is 10.0. The summed E-state index contributed by atoms with van der Waals surface area (Å²) in [5, 5.41) is 6.58. The molecule has 0 saturated heterocycles. The molecule has 0 unspecified atom stereocenters. The predicted octanol–water partition coefficient (Wildman–Crippen LogP) is 1.84. The summed E-state index contributed by atoms with van der Waals surface area (Å²) in [6.45, 7) is 0.312. The third-order valence-electron chi connectivity index (χ3n) is 3.35. The van der Waals surface area contributed by atoms with Crippen molar-refractivity contribution < 1.29 is 23.9 Å². The Balaban J connectivity index is 1.83. The number of hydrogen-bond acceptors (Lipinski definition) is 6. The van der Waals surface area contributed by atoms with Crippen LogP contribution in [0.2, 0.25) is 0 Å². The molecular formula is C17H18N2O5S. The van der Waals surface area contributed by atoms with Crippen molar-refractivity contribution in [3.05, 3.63) is 46.2 Å². The average Bonchev–Trinajstić information content (AvgIpc) is 3.09. The van der Waals surface area contributed by atoms with Gasteiger partial charge in [0.1, 0.15) is 10.6 Å². The van der Waals surface area contributed by atoms with Crippen LogP contribution < -0.4 is 15.4 Å². The van der Waals surface area contributed by atoms with Gasteiger partial charge in [-0.2, -0.15) is 0 Å². The number of nitrogens with one attached hydrogen (secondary N) is 2. The van der Waals surface area contributed by atoms with E-state index in [0.717, 1.165) is 22.6 Å². The monoisotopic (exact) mass is 362 g/mol. The van der Waals surface area contributed by atoms with Crippen LogP contribution in [0.5, 0.6) is 5.75 Å². The molecule has 7 nitrogen and oxygen atoms in total. The van der Waals surface area contributed by atoms with Gasteiger partial charge in [-0.25, -0.2) is 4.79 Å². The van der Waals surface area contributed by atoms with Gasteiger partial charge < -0.3 is 20.1 Å². The second-order valence-corrected chi connectivity index (χ2v) is 5.88. The van der Waals surface area contributed by atoms with Gasteiger partial charge in [-0.3, -0.25) is 9.59 Å². The number of anilines is 1. The van der Waals surface area contributed by atoms with E-state index in [-0.39, 0.29) is 10.6 Å². The zero-order chi connectivity index (χ0) is 18.2. The molecule has 1 aromatic carbocycles. The summed E-state index contributed by atoms with van der Waals surface area (Å²) in [6.07, 6.45) is 0.578. The Morgan fingerprint density at radius 3 is 2.40 bits per heavy atom. The first-order valence-electron chi connectivity index (χ1n) is 7.43. The lowest BCUT2D eigenvalue weighted by Crippen LogP contribution is -2.36. The molecule has 2 amide bonds. The van der Waals surface area contributed by atoms with Crippen molar-refractivity contribution in [2.45, 2.75) is 6.42 Å². The summed E-state index contributed by atoms with van der Waals surface area (Å²) in [4.78, 5) is 35.6. The van der Waals surface area contributed by atoms with E-state index in [1.807, 2.05) is 24.3 Å². The summed E-state index contributed by atoms with van der Waals surface area (Å²) in [5.41, 5.74) is 1.26. The van der Waals surface area contributed by atoms with Crippen LogP contribution in [0.4, 0.5) is 5.69 Å². The molecule has 0 aliphatic heterocycles. The van der Waals surface area contributed by atoms with Gasteiger partial charge in [-0.15, -0.1) is 11.3 Å². The van der Waals surface area contributed by atoms with Crippen LogP contribution in [0, 0.1) is 0 Å². The van der Waals surface area contributed by atoms with Crippen molar-refractivity contribution in [3.8, 4) is 5.75 Å². The van der Waals surface area contributed by atoms with Gasteiger partial charge in [0.05, 0.1) is 19.9 Å². The fraction of sp³-hybridized carbons (Fsp3) is 0.235. The highest BCUT2D eigenvalue weighted by atomic mass is 32.1. The molecule has 0 radical (unpaired) electrons. The van der Waals surface area contributed by atoms with Crippen LogP contribution in [0.15, 0.2) is 35.7 Å². The SMILES string of the molecule is COC(=O)c1sccc1NC(=O)C(=O)NCCc1ccc(OC)cc1. The molecule has 25 heavy (non-hydrogen) atoms. The number of thiophene rings is 1. The fourth-order valence-corrected chi connectivity index (χ4v) is 2.80. The molecule has 2 aromatic rings. The minimum Gasteiger partial charge on any atom is -0.497 e. The molecule has 1 aromatic heterocycles. The molecule has 1 heterocycles. The van der Waals surface area contributed by atoms with Gasteiger partial charge in [0.25, 0.3) is 0 Å². The molecule has 2 N–H and O–H groups in total. The largest absolute Gasteiger partial charge is 0.497 e.